The van der Waals surface area contributed by atoms with Crippen molar-refractivity contribution in [2.75, 3.05) is 23.8 Å². The van der Waals surface area contributed by atoms with Crippen molar-refractivity contribution >= 4 is 40.6 Å². The van der Waals surface area contributed by atoms with Gasteiger partial charge in [-0.25, -0.2) is 14.8 Å². The highest BCUT2D eigenvalue weighted by atomic mass is 35.5. The summed E-state index contributed by atoms with van der Waals surface area (Å²) in [6.07, 6.45) is 6.32. The lowest BCUT2D eigenvalue weighted by molar-refractivity contribution is -0.123. The van der Waals surface area contributed by atoms with Gasteiger partial charge in [0.15, 0.2) is 5.65 Å². The Morgan fingerprint density at radius 3 is 2.63 bits per heavy atom. The summed E-state index contributed by atoms with van der Waals surface area (Å²) in [5.74, 6) is 0.290. The van der Waals surface area contributed by atoms with Gasteiger partial charge in [-0.1, -0.05) is 11.6 Å². The van der Waals surface area contributed by atoms with Crippen molar-refractivity contribution in [2.45, 2.75) is 32.2 Å². The molecule has 154 valence electrons. The van der Waals surface area contributed by atoms with Crippen molar-refractivity contribution in [2.24, 2.45) is 0 Å². The molecule has 0 aromatic carbocycles. The van der Waals surface area contributed by atoms with Crippen LogP contribution in [-0.2, 0) is 11.3 Å². The predicted molar refractivity (Wildman–Crippen MR) is 114 cm³/mol. The molecular formula is C21H21ClN6O2. The van der Waals surface area contributed by atoms with Gasteiger partial charge in [0.05, 0.1) is 17.9 Å². The molecule has 5 rings (SSSR count). The molecule has 0 unspecified atom stereocenters. The largest absolute Gasteiger partial charge is 0.379 e. The average molecular weight is 425 g/mol. The van der Waals surface area contributed by atoms with Crippen LogP contribution in [0.1, 0.15) is 35.7 Å². The molecule has 3 aromatic heterocycles. The molecule has 1 saturated heterocycles. The zero-order valence-electron chi connectivity index (χ0n) is 16.7. The van der Waals surface area contributed by atoms with Gasteiger partial charge >= 0.3 is 6.03 Å². The molecule has 4 heterocycles. The number of halogens is 1. The van der Waals surface area contributed by atoms with E-state index in [-0.39, 0.29) is 18.5 Å². The summed E-state index contributed by atoms with van der Waals surface area (Å²) in [6, 6.07) is 5.38. The van der Waals surface area contributed by atoms with Crippen molar-refractivity contribution < 1.29 is 9.59 Å². The Bertz CT molecular complexity index is 1170. The number of amides is 3. The van der Waals surface area contributed by atoms with Crippen molar-refractivity contribution in [1.29, 1.82) is 0 Å². The fourth-order valence-corrected chi connectivity index (χ4v) is 4.03. The number of urea groups is 1. The van der Waals surface area contributed by atoms with E-state index in [1.807, 2.05) is 29.7 Å². The number of anilines is 2. The lowest BCUT2D eigenvalue weighted by Gasteiger charge is -2.17. The van der Waals surface area contributed by atoms with E-state index in [1.165, 1.54) is 17.5 Å². The molecule has 1 aliphatic heterocycles. The number of pyridine rings is 2. The van der Waals surface area contributed by atoms with E-state index in [9.17, 15) is 9.59 Å². The van der Waals surface area contributed by atoms with E-state index < -0.39 is 0 Å². The zero-order valence-corrected chi connectivity index (χ0v) is 17.5. The molecule has 3 amide bonds. The van der Waals surface area contributed by atoms with Crippen LogP contribution in [-0.4, -0.2) is 44.8 Å². The second-order valence-corrected chi connectivity index (χ2v) is 8.28. The molecule has 9 heteroatoms. The molecule has 30 heavy (non-hydrogen) atoms. The molecule has 0 bridgehead atoms. The summed E-state index contributed by atoms with van der Waals surface area (Å²) in [7, 11) is 1.51. The van der Waals surface area contributed by atoms with Crippen LogP contribution in [0.15, 0.2) is 30.6 Å². The minimum absolute atomic E-state index is 0.0361. The van der Waals surface area contributed by atoms with Crippen LogP contribution in [0.3, 0.4) is 0 Å². The van der Waals surface area contributed by atoms with Crippen molar-refractivity contribution in [1.82, 2.24) is 19.3 Å². The predicted octanol–water partition coefficient (Wildman–Crippen LogP) is 3.58. The van der Waals surface area contributed by atoms with Crippen LogP contribution < -0.4 is 10.2 Å². The van der Waals surface area contributed by atoms with Gasteiger partial charge < -0.3 is 9.72 Å². The summed E-state index contributed by atoms with van der Waals surface area (Å²) in [5.41, 5.74) is 5.03. The topological polar surface area (TPSA) is 82.8 Å². The summed E-state index contributed by atoms with van der Waals surface area (Å²) >= 11 is 6.04. The number of imidazole rings is 1. The van der Waals surface area contributed by atoms with E-state index in [4.69, 9.17) is 16.6 Å². The van der Waals surface area contributed by atoms with Gasteiger partial charge in [0.1, 0.15) is 11.7 Å². The number of likely N-dealkylation sites (N-methyl/N-ethyl adjacent to an activating group) is 1. The van der Waals surface area contributed by atoms with Gasteiger partial charge in [-0.2, -0.15) is 0 Å². The average Bonchev–Trinajstić information content (AvgIpc) is 3.42. The molecule has 2 aliphatic rings. The second kappa shape index (κ2) is 6.98. The maximum Gasteiger partial charge on any atom is 0.331 e. The van der Waals surface area contributed by atoms with Gasteiger partial charge in [-0.15, -0.1) is 0 Å². The first-order valence-electron chi connectivity index (χ1n) is 9.86. The Hall–Kier alpha value is -3.13. The lowest BCUT2D eigenvalue weighted by atomic mass is 10.1. The van der Waals surface area contributed by atoms with Gasteiger partial charge in [0.25, 0.3) is 0 Å². The Labute approximate surface area is 178 Å². The first kappa shape index (κ1) is 18.9. The molecule has 1 N–H and O–H groups in total. The highest BCUT2D eigenvalue weighted by molar-refractivity contribution is 6.29. The van der Waals surface area contributed by atoms with Crippen LogP contribution in [0.4, 0.5) is 16.2 Å². The van der Waals surface area contributed by atoms with Crippen molar-refractivity contribution in [3.63, 3.8) is 0 Å². The lowest BCUT2D eigenvalue weighted by Crippen LogP contribution is -2.30. The Kier molecular flexibility index (Phi) is 4.39. The number of hydrogen-bond donors (Lipinski definition) is 1. The number of fused-ring (bicyclic) bond motifs is 1. The number of carbonyl (C=O) groups excluding carboxylic acids is 2. The Morgan fingerprint density at radius 2 is 1.97 bits per heavy atom. The number of carbonyl (C=O) groups is 2. The minimum atomic E-state index is -0.320. The third kappa shape index (κ3) is 3.37. The monoisotopic (exact) mass is 424 g/mol. The maximum absolute atomic E-state index is 12.6. The summed E-state index contributed by atoms with van der Waals surface area (Å²) in [6.45, 7) is 2.42. The summed E-state index contributed by atoms with van der Waals surface area (Å²) in [4.78, 5) is 36.3. The second-order valence-electron chi connectivity index (χ2n) is 7.89. The standard InChI is InChI=1S/C21H21ClN6O2/c1-12-5-15(7-18(22)24-12)23-8-16-10-27-9-14(13-3-4-13)6-17(20(27)25-16)28-11-19(29)26(2)21(28)30/h5-7,9-10,13H,3-4,8,11H2,1-2H3,(H,23,24). The molecule has 0 atom stereocenters. The molecule has 8 nitrogen and oxygen atoms in total. The molecule has 3 aromatic rings. The summed E-state index contributed by atoms with van der Waals surface area (Å²) in [5, 5.41) is 3.76. The Morgan fingerprint density at radius 1 is 1.17 bits per heavy atom. The van der Waals surface area contributed by atoms with Gasteiger partial charge in [0.2, 0.25) is 5.91 Å². The maximum atomic E-state index is 12.6. The van der Waals surface area contributed by atoms with Crippen LogP contribution in [0, 0.1) is 6.92 Å². The number of aromatic nitrogens is 3. The van der Waals surface area contributed by atoms with Crippen molar-refractivity contribution in [3.05, 3.63) is 52.7 Å². The molecule has 0 spiro atoms. The number of rotatable bonds is 5. The van der Waals surface area contributed by atoms with Crippen LogP contribution in [0.25, 0.3) is 5.65 Å². The van der Waals surface area contributed by atoms with E-state index in [0.29, 0.717) is 29.0 Å². The van der Waals surface area contributed by atoms with Crippen molar-refractivity contribution in [3.8, 4) is 0 Å². The Balaban J connectivity index is 1.50. The SMILES string of the molecule is Cc1cc(NCc2cn3cc(C4CC4)cc(N4CC(=O)N(C)C4=O)c3n2)cc(Cl)n1. The van der Waals surface area contributed by atoms with E-state index in [0.717, 1.165) is 34.8 Å². The smallest absolute Gasteiger partial charge is 0.331 e. The van der Waals surface area contributed by atoms with Crippen LogP contribution >= 0.6 is 11.6 Å². The molecule has 1 aliphatic carbocycles. The van der Waals surface area contributed by atoms with Gasteiger partial charge in [0, 0.05) is 30.8 Å². The minimum Gasteiger partial charge on any atom is -0.379 e. The first-order chi connectivity index (χ1) is 14.4. The van der Waals surface area contributed by atoms with E-state index in [2.05, 4.69) is 16.5 Å². The quantitative estimate of drug-likeness (QED) is 0.500. The highest BCUT2D eigenvalue weighted by Gasteiger charge is 2.36. The number of nitrogens with zero attached hydrogens (tertiary/aromatic N) is 5. The third-order valence-corrected chi connectivity index (χ3v) is 5.72. The number of aryl methyl sites for hydroxylation is 1. The molecular weight excluding hydrogens is 404 g/mol. The fourth-order valence-electron chi connectivity index (χ4n) is 3.78. The number of imide groups is 1. The van der Waals surface area contributed by atoms with Gasteiger partial charge in [-0.05, 0) is 49.4 Å². The molecule has 2 fully saturated rings. The fraction of sp³-hybridized carbons (Fsp3) is 0.333. The third-order valence-electron chi connectivity index (χ3n) is 5.52. The van der Waals surface area contributed by atoms with Crippen LogP contribution in [0.5, 0.6) is 0 Å². The first-order valence-corrected chi connectivity index (χ1v) is 10.2. The molecule has 0 radical (unpaired) electrons. The highest BCUT2D eigenvalue weighted by Crippen LogP contribution is 2.42. The van der Waals surface area contributed by atoms with E-state index in [1.54, 1.807) is 6.07 Å². The van der Waals surface area contributed by atoms with Gasteiger partial charge in [-0.3, -0.25) is 14.6 Å². The summed E-state index contributed by atoms with van der Waals surface area (Å²) < 4.78 is 1.96. The molecule has 1 saturated carbocycles. The zero-order chi connectivity index (χ0) is 21.0. The van der Waals surface area contributed by atoms with Crippen LogP contribution in [0.2, 0.25) is 5.15 Å². The van der Waals surface area contributed by atoms with E-state index >= 15 is 0 Å². The number of hydrogen-bond acceptors (Lipinski definition) is 5. The number of nitrogens with one attached hydrogen (secondary N) is 1. The normalized spacial score (nSPS) is 16.8.